The molecule has 5 aromatic rings. The van der Waals surface area contributed by atoms with Crippen LogP contribution in [0.2, 0.25) is 5.02 Å². The van der Waals surface area contributed by atoms with E-state index in [0.29, 0.717) is 65.1 Å². The molecule has 1 aliphatic heterocycles. The molecule has 3 heterocycles. The van der Waals surface area contributed by atoms with Gasteiger partial charge in [0.05, 0.1) is 36.5 Å². The Balaban J connectivity index is 1.57. The molecule has 0 unspecified atom stereocenters. The lowest BCUT2D eigenvalue weighted by Gasteiger charge is -2.29. The SMILES string of the molecule is O=c1c2cnn(-c3ccccc3)c2nc(-c2ccc(N3CCOCC3)c(F)c2)n1-c1ccc(Cl)cc1. The van der Waals surface area contributed by atoms with Crippen LogP contribution in [0.1, 0.15) is 0 Å². The quantitative estimate of drug-likeness (QED) is 0.351. The largest absolute Gasteiger partial charge is 0.378 e. The number of halogens is 2. The van der Waals surface area contributed by atoms with Gasteiger partial charge in [0.2, 0.25) is 0 Å². The second-order valence-electron chi connectivity index (χ2n) is 8.45. The lowest BCUT2D eigenvalue weighted by molar-refractivity contribution is 0.122. The maximum absolute atomic E-state index is 15.4. The van der Waals surface area contributed by atoms with Gasteiger partial charge < -0.3 is 9.64 Å². The van der Waals surface area contributed by atoms with Gasteiger partial charge in [-0.25, -0.2) is 14.1 Å². The molecule has 0 amide bonds. The van der Waals surface area contributed by atoms with Gasteiger partial charge in [-0.05, 0) is 54.6 Å². The molecule has 0 saturated carbocycles. The number of rotatable bonds is 4. The fraction of sp³-hybridized carbons (Fsp3) is 0.148. The number of para-hydroxylation sites is 1. The molecular formula is C27H21ClFN5O2. The van der Waals surface area contributed by atoms with Crippen molar-refractivity contribution in [2.45, 2.75) is 0 Å². The molecule has 0 radical (unpaired) electrons. The van der Waals surface area contributed by atoms with Crippen molar-refractivity contribution >= 4 is 28.3 Å². The Bertz CT molecular complexity index is 1610. The van der Waals surface area contributed by atoms with Crippen LogP contribution in [0.25, 0.3) is 33.8 Å². The van der Waals surface area contributed by atoms with Crippen LogP contribution in [0.15, 0.2) is 83.8 Å². The Morgan fingerprint density at radius 1 is 0.917 bits per heavy atom. The van der Waals surface area contributed by atoms with E-state index in [9.17, 15) is 4.79 Å². The van der Waals surface area contributed by atoms with Crippen LogP contribution in [0.4, 0.5) is 10.1 Å². The summed E-state index contributed by atoms with van der Waals surface area (Å²) in [6, 6.07) is 21.3. The minimum Gasteiger partial charge on any atom is -0.378 e. The van der Waals surface area contributed by atoms with Gasteiger partial charge in [-0.1, -0.05) is 29.8 Å². The summed E-state index contributed by atoms with van der Waals surface area (Å²) in [4.78, 5) is 20.6. The number of anilines is 1. The van der Waals surface area contributed by atoms with E-state index in [-0.39, 0.29) is 11.4 Å². The van der Waals surface area contributed by atoms with Crippen molar-refractivity contribution in [3.8, 4) is 22.8 Å². The third-order valence-electron chi connectivity index (χ3n) is 6.24. The molecule has 180 valence electrons. The molecule has 0 spiro atoms. The fourth-order valence-corrected chi connectivity index (χ4v) is 4.58. The van der Waals surface area contributed by atoms with Crippen LogP contribution in [0.3, 0.4) is 0 Å². The zero-order chi connectivity index (χ0) is 24.6. The summed E-state index contributed by atoms with van der Waals surface area (Å²) >= 11 is 6.09. The number of nitrogens with zero attached hydrogens (tertiary/aromatic N) is 5. The summed E-state index contributed by atoms with van der Waals surface area (Å²) in [5.74, 6) is -0.0806. The summed E-state index contributed by atoms with van der Waals surface area (Å²) in [6.45, 7) is 2.34. The molecule has 0 atom stereocenters. The standard InChI is InChI=1S/C27H21ClFN5O2/c28-19-7-9-20(10-8-19)33-25(18-6-11-24(23(29)16-18)32-12-14-36-15-13-32)31-26-22(27(33)35)17-30-34(26)21-4-2-1-3-5-21/h1-11,16-17H,12-15H2. The molecule has 1 aliphatic rings. The van der Waals surface area contributed by atoms with Crippen molar-refractivity contribution in [2.75, 3.05) is 31.2 Å². The monoisotopic (exact) mass is 501 g/mol. The van der Waals surface area contributed by atoms with Crippen LogP contribution in [-0.2, 0) is 4.74 Å². The Labute approximate surface area is 210 Å². The molecule has 6 rings (SSSR count). The maximum Gasteiger partial charge on any atom is 0.269 e. The van der Waals surface area contributed by atoms with E-state index < -0.39 is 0 Å². The Morgan fingerprint density at radius 3 is 2.39 bits per heavy atom. The minimum atomic E-state index is -0.386. The molecule has 1 fully saturated rings. The molecule has 0 N–H and O–H groups in total. The van der Waals surface area contributed by atoms with Gasteiger partial charge >= 0.3 is 0 Å². The average Bonchev–Trinajstić information content (AvgIpc) is 3.35. The highest BCUT2D eigenvalue weighted by Crippen LogP contribution is 2.29. The second kappa shape index (κ2) is 9.22. The van der Waals surface area contributed by atoms with Gasteiger partial charge in [-0.2, -0.15) is 5.10 Å². The number of morpholine rings is 1. The first-order valence-corrected chi connectivity index (χ1v) is 11.9. The number of aromatic nitrogens is 4. The molecule has 3 aromatic carbocycles. The zero-order valence-electron chi connectivity index (χ0n) is 19.1. The van der Waals surface area contributed by atoms with Crippen LogP contribution in [0.5, 0.6) is 0 Å². The van der Waals surface area contributed by atoms with Crippen LogP contribution >= 0.6 is 11.6 Å². The van der Waals surface area contributed by atoms with E-state index in [0.717, 1.165) is 5.69 Å². The Kier molecular flexibility index (Phi) is 5.75. The zero-order valence-corrected chi connectivity index (χ0v) is 19.9. The van der Waals surface area contributed by atoms with Gasteiger partial charge in [0, 0.05) is 23.7 Å². The van der Waals surface area contributed by atoms with E-state index in [1.807, 2.05) is 35.2 Å². The highest BCUT2D eigenvalue weighted by molar-refractivity contribution is 6.30. The lowest BCUT2D eigenvalue weighted by atomic mass is 10.1. The first kappa shape index (κ1) is 22.5. The average molecular weight is 502 g/mol. The minimum absolute atomic E-state index is 0.305. The van der Waals surface area contributed by atoms with Gasteiger partial charge in [-0.3, -0.25) is 9.36 Å². The molecule has 2 aromatic heterocycles. The van der Waals surface area contributed by atoms with Crippen LogP contribution in [0, 0.1) is 5.82 Å². The highest BCUT2D eigenvalue weighted by Gasteiger charge is 2.21. The van der Waals surface area contributed by atoms with Crippen molar-refractivity contribution in [2.24, 2.45) is 0 Å². The summed E-state index contributed by atoms with van der Waals surface area (Å²) in [6.07, 6.45) is 1.51. The summed E-state index contributed by atoms with van der Waals surface area (Å²) in [5.41, 5.74) is 2.39. The lowest BCUT2D eigenvalue weighted by Crippen LogP contribution is -2.36. The third-order valence-corrected chi connectivity index (χ3v) is 6.50. The molecule has 1 saturated heterocycles. The topological polar surface area (TPSA) is 65.2 Å². The summed E-state index contributed by atoms with van der Waals surface area (Å²) in [5, 5.41) is 5.32. The van der Waals surface area contributed by atoms with Crippen molar-refractivity contribution in [1.29, 1.82) is 0 Å². The molecule has 7 nitrogen and oxygen atoms in total. The van der Waals surface area contributed by atoms with E-state index in [2.05, 4.69) is 5.10 Å². The first-order chi connectivity index (χ1) is 17.6. The third kappa shape index (κ3) is 3.94. The van der Waals surface area contributed by atoms with Crippen molar-refractivity contribution in [1.82, 2.24) is 19.3 Å². The fourth-order valence-electron chi connectivity index (χ4n) is 4.46. The Hall–Kier alpha value is -4.01. The molecular weight excluding hydrogens is 481 g/mol. The van der Waals surface area contributed by atoms with Crippen LogP contribution in [-0.4, -0.2) is 45.6 Å². The van der Waals surface area contributed by atoms with Gasteiger partial charge in [0.15, 0.2) is 5.65 Å². The van der Waals surface area contributed by atoms with Crippen LogP contribution < -0.4 is 10.5 Å². The molecule has 0 aliphatic carbocycles. The predicted molar refractivity (Wildman–Crippen MR) is 138 cm³/mol. The maximum atomic E-state index is 15.4. The molecule has 0 bridgehead atoms. The molecule has 36 heavy (non-hydrogen) atoms. The second-order valence-corrected chi connectivity index (χ2v) is 8.88. The van der Waals surface area contributed by atoms with Crippen molar-refractivity contribution in [3.05, 3.63) is 100 Å². The van der Waals surface area contributed by atoms with Gasteiger partial charge in [0.25, 0.3) is 5.56 Å². The number of fused-ring (bicyclic) bond motifs is 1. The van der Waals surface area contributed by atoms with E-state index >= 15 is 4.39 Å². The predicted octanol–water partition coefficient (Wildman–Crippen LogP) is 4.87. The Morgan fingerprint density at radius 2 is 1.67 bits per heavy atom. The van der Waals surface area contributed by atoms with Gasteiger partial charge in [-0.15, -0.1) is 0 Å². The van der Waals surface area contributed by atoms with Crippen molar-refractivity contribution < 1.29 is 9.13 Å². The van der Waals surface area contributed by atoms with Gasteiger partial charge in [0.1, 0.15) is 17.0 Å². The number of hydrogen-bond acceptors (Lipinski definition) is 5. The highest BCUT2D eigenvalue weighted by atomic mass is 35.5. The van der Waals surface area contributed by atoms with E-state index in [1.165, 1.54) is 16.8 Å². The van der Waals surface area contributed by atoms with Crippen molar-refractivity contribution in [3.63, 3.8) is 0 Å². The van der Waals surface area contributed by atoms with E-state index in [4.69, 9.17) is 21.3 Å². The number of benzene rings is 3. The first-order valence-electron chi connectivity index (χ1n) is 11.5. The summed E-state index contributed by atoms with van der Waals surface area (Å²) in [7, 11) is 0. The smallest absolute Gasteiger partial charge is 0.269 e. The number of hydrogen-bond donors (Lipinski definition) is 0. The number of ether oxygens (including phenoxy) is 1. The normalized spacial score (nSPS) is 13.9. The molecule has 9 heteroatoms. The van der Waals surface area contributed by atoms with E-state index in [1.54, 1.807) is 41.1 Å². The summed E-state index contributed by atoms with van der Waals surface area (Å²) < 4.78 is 23.9.